The first-order valence-electron chi connectivity index (χ1n) is 5.79. The van der Waals surface area contributed by atoms with E-state index in [1.54, 1.807) is 0 Å². The van der Waals surface area contributed by atoms with Gasteiger partial charge in [0.05, 0.1) is 18.8 Å². The zero-order valence-corrected chi connectivity index (χ0v) is 9.12. The standard InChI is InChI=1S/C13H17NO/c1-9-2-3-10-4-5-12-13(11(10)8-9)14-6-7-15-12/h2-3,8,12-14H,4-7H2,1H3. The van der Waals surface area contributed by atoms with Gasteiger partial charge in [0.2, 0.25) is 0 Å². The van der Waals surface area contributed by atoms with E-state index in [9.17, 15) is 0 Å². The summed E-state index contributed by atoms with van der Waals surface area (Å²) in [5.41, 5.74) is 4.31. The van der Waals surface area contributed by atoms with Crippen molar-refractivity contribution >= 4 is 0 Å². The number of ether oxygens (including phenoxy) is 1. The van der Waals surface area contributed by atoms with Crippen LogP contribution in [-0.2, 0) is 11.2 Å². The van der Waals surface area contributed by atoms with Gasteiger partial charge in [-0.2, -0.15) is 0 Å². The Kier molecular flexibility index (Phi) is 2.26. The van der Waals surface area contributed by atoms with Crippen LogP contribution in [0.5, 0.6) is 0 Å². The van der Waals surface area contributed by atoms with E-state index >= 15 is 0 Å². The number of morpholine rings is 1. The first-order valence-corrected chi connectivity index (χ1v) is 5.79. The van der Waals surface area contributed by atoms with Crippen molar-refractivity contribution in [1.29, 1.82) is 0 Å². The van der Waals surface area contributed by atoms with Crippen molar-refractivity contribution in [3.05, 3.63) is 34.9 Å². The molecule has 2 heteroatoms. The molecule has 0 amide bonds. The van der Waals surface area contributed by atoms with E-state index in [1.807, 2.05) is 0 Å². The molecule has 1 heterocycles. The molecule has 2 unspecified atom stereocenters. The van der Waals surface area contributed by atoms with E-state index < -0.39 is 0 Å². The first-order chi connectivity index (χ1) is 7.34. The number of aryl methyl sites for hydroxylation is 2. The van der Waals surface area contributed by atoms with Gasteiger partial charge in [0.25, 0.3) is 0 Å². The van der Waals surface area contributed by atoms with Crippen molar-refractivity contribution in [3.8, 4) is 0 Å². The van der Waals surface area contributed by atoms with Gasteiger partial charge in [-0.3, -0.25) is 0 Å². The Balaban J connectivity index is 2.01. The SMILES string of the molecule is Cc1ccc2c(c1)C1NCCOC1CC2. The van der Waals surface area contributed by atoms with E-state index in [0.29, 0.717) is 12.1 Å². The predicted molar refractivity (Wildman–Crippen MR) is 60.0 cm³/mol. The van der Waals surface area contributed by atoms with Crippen molar-refractivity contribution in [2.24, 2.45) is 0 Å². The number of nitrogens with one attached hydrogen (secondary N) is 1. The van der Waals surface area contributed by atoms with Crippen molar-refractivity contribution < 1.29 is 4.74 Å². The van der Waals surface area contributed by atoms with Crippen LogP contribution >= 0.6 is 0 Å². The summed E-state index contributed by atoms with van der Waals surface area (Å²) in [5, 5.41) is 3.58. The molecule has 0 spiro atoms. The van der Waals surface area contributed by atoms with Crippen molar-refractivity contribution in [2.75, 3.05) is 13.2 Å². The quantitative estimate of drug-likeness (QED) is 0.696. The Bertz CT molecular complexity index is 375. The molecule has 2 aliphatic rings. The van der Waals surface area contributed by atoms with E-state index in [1.165, 1.54) is 23.1 Å². The molecule has 1 saturated heterocycles. The lowest BCUT2D eigenvalue weighted by molar-refractivity contribution is -0.0138. The van der Waals surface area contributed by atoms with Crippen LogP contribution in [-0.4, -0.2) is 19.3 Å². The summed E-state index contributed by atoms with van der Waals surface area (Å²) in [4.78, 5) is 0. The first kappa shape index (κ1) is 9.37. The maximum absolute atomic E-state index is 5.82. The third-order valence-electron chi connectivity index (χ3n) is 3.50. The molecule has 1 aliphatic heterocycles. The normalized spacial score (nSPS) is 29.4. The van der Waals surface area contributed by atoms with Gasteiger partial charge < -0.3 is 10.1 Å². The molecule has 1 N–H and O–H groups in total. The zero-order valence-electron chi connectivity index (χ0n) is 9.12. The molecule has 2 nitrogen and oxygen atoms in total. The van der Waals surface area contributed by atoms with Crippen molar-refractivity contribution in [3.63, 3.8) is 0 Å². The van der Waals surface area contributed by atoms with Crippen LogP contribution in [0.3, 0.4) is 0 Å². The zero-order chi connectivity index (χ0) is 10.3. The van der Waals surface area contributed by atoms with E-state index in [0.717, 1.165) is 19.6 Å². The van der Waals surface area contributed by atoms with Crippen LogP contribution in [0, 0.1) is 6.92 Å². The molecule has 2 atom stereocenters. The molecule has 0 aromatic heterocycles. The van der Waals surface area contributed by atoms with Gasteiger partial charge in [-0.25, -0.2) is 0 Å². The number of rotatable bonds is 0. The second-order valence-electron chi connectivity index (χ2n) is 4.58. The fourth-order valence-electron chi connectivity index (χ4n) is 2.74. The molecule has 1 aromatic rings. The van der Waals surface area contributed by atoms with Gasteiger partial charge in [-0.05, 0) is 30.9 Å². The molecule has 0 saturated carbocycles. The molecule has 80 valence electrons. The van der Waals surface area contributed by atoms with Crippen LogP contribution in [0.4, 0.5) is 0 Å². The maximum Gasteiger partial charge on any atom is 0.0773 e. The molecule has 3 rings (SSSR count). The van der Waals surface area contributed by atoms with Gasteiger partial charge in [-0.1, -0.05) is 23.8 Å². The Morgan fingerprint density at radius 1 is 1.40 bits per heavy atom. The molecular weight excluding hydrogens is 186 g/mol. The third kappa shape index (κ3) is 1.58. The topological polar surface area (TPSA) is 21.3 Å². The number of benzene rings is 1. The van der Waals surface area contributed by atoms with Gasteiger partial charge in [0.15, 0.2) is 0 Å². The van der Waals surface area contributed by atoms with Gasteiger partial charge in [-0.15, -0.1) is 0 Å². The molecule has 0 bridgehead atoms. The van der Waals surface area contributed by atoms with E-state index in [-0.39, 0.29) is 0 Å². The minimum Gasteiger partial charge on any atom is -0.375 e. The minimum absolute atomic E-state index is 0.396. The van der Waals surface area contributed by atoms with E-state index in [4.69, 9.17) is 4.74 Å². The third-order valence-corrected chi connectivity index (χ3v) is 3.50. The highest BCUT2D eigenvalue weighted by atomic mass is 16.5. The monoisotopic (exact) mass is 203 g/mol. The highest BCUT2D eigenvalue weighted by Crippen LogP contribution is 2.33. The summed E-state index contributed by atoms with van der Waals surface area (Å²) in [6, 6.07) is 7.23. The van der Waals surface area contributed by atoms with Crippen molar-refractivity contribution in [1.82, 2.24) is 5.32 Å². The predicted octanol–water partition coefficient (Wildman–Crippen LogP) is 1.97. The highest BCUT2D eigenvalue weighted by Gasteiger charge is 2.31. The smallest absolute Gasteiger partial charge is 0.0773 e. The van der Waals surface area contributed by atoms with Crippen LogP contribution in [0.2, 0.25) is 0 Å². The van der Waals surface area contributed by atoms with Gasteiger partial charge in [0, 0.05) is 6.54 Å². The second kappa shape index (κ2) is 3.62. The molecule has 1 aromatic carbocycles. The second-order valence-corrected chi connectivity index (χ2v) is 4.58. The average molecular weight is 203 g/mol. The lowest BCUT2D eigenvalue weighted by Crippen LogP contribution is -2.44. The van der Waals surface area contributed by atoms with Crippen molar-refractivity contribution in [2.45, 2.75) is 31.9 Å². The van der Waals surface area contributed by atoms with Crippen LogP contribution < -0.4 is 5.32 Å². The lowest BCUT2D eigenvalue weighted by Gasteiger charge is -2.38. The molecule has 1 aliphatic carbocycles. The summed E-state index contributed by atoms with van der Waals surface area (Å²) in [5.74, 6) is 0. The molecular formula is C13H17NO. The van der Waals surface area contributed by atoms with Gasteiger partial charge in [0.1, 0.15) is 0 Å². The van der Waals surface area contributed by atoms with E-state index in [2.05, 4.69) is 30.4 Å². The summed E-state index contributed by atoms with van der Waals surface area (Å²) < 4.78 is 5.82. The summed E-state index contributed by atoms with van der Waals surface area (Å²) in [7, 11) is 0. The van der Waals surface area contributed by atoms with Crippen LogP contribution in [0.25, 0.3) is 0 Å². The van der Waals surface area contributed by atoms with Crippen LogP contribution in [0.1, 0.15) is 29.2 Å². The fourth-order valence-corrected chi connectivity index (χ4v) is 2.74. The highest BCUT2D eigenvalue weighted by molar-refractivity contribution is 5.37. The minimum atomic E-state index is 0.396. The largest absolute Gasteiger partial charge is 0.375 e. The molecule has 1 fully saturated rings. The summed E-state index contributed by atoms with van der Waals surface area (Å²) in [6.45, 7) is 4.00. The maximum atomic E-state index is 5.82. The number of hydrogen-bond acceptors (Lipinski definition) is 2. The Morgan fingerprint density at radius 2 is 2.33 bits per heavy atom. The summed E-state index contributed by atoms with van der Waals surface area (Å²) in [6.07, 6.45) is 2.72. The number of fused-ring (bicyclic) bond motifs is 3. The Morgan fingerprint density at radius 3 is 3.27 bits per heavy atom. The Labute approximate surface area is 90.6 Å². The molecule has 15 heavy (non-hydrogen) atoms. The average Bonchev–Trinajstić information content (AvgIpc) is 2.29. The van der Waals surface area contributed by atoms with Gasteiger partial charge >= 0.3 is 0 Å². The Hall–Kier alpha value is -0.860. The summed E-state index contributed by atoms with van der Waals surface area (Å²) >= 11 is 0. The lowest BCUT2D eigenvalue weighted by atomic mass is 9.84. The fraction of sp³-hybridized carbons (Fsp3) is 0.538. The van der Waals surface area contributed by atoms with Crippen LogP contribution in [0.15, 0.2) is 18.2 Å². The number of hydrogen-bond donors (Lipinski definition) is 1. The molecule has 0 radical (unpaired) electrons.